The number of likely N-dealkylation sites (tertiary alicyclic amines) is 1. The van der Waals surface area contributed by atoms with Gasteiger partial charge in [-0.3, -0.25) is 14.5 Å². The van der Waals surface area contributed by atoms with Gasteiger partial charge in [-0.15, -0.1) is 0 Å². The van der Waals surface area contributed by atoms with Crippen LogP contribution in [-0.2, 0) is 9.59 Å². The molecule has 160 valence electrons. The van der Waals surface area contributed by atoms with E-state index >= 15 is 0 Å². The molecule has 2 saturated heterocycles. The van der Waals surface area contributed by atoms with Crippen LogP contribution in [0.3, 0.4) is 0 Å². The molecule has 1 N–H and O–H groups in total. The molecule has 2 unspecified atom stereocenters. The van der Waals surface area contributed by atoms with E-state index in [0.717, 1.165) is 51.8 Å². The lowest BCUT2D eigenvalue weighted by Gasteiger charge is -2.39. The third kappa shape index (κ3) is 6.65. The molecule has 0 radical (unpaired) electrons. The van der Waals surface area contributed by atoms with Crippen molar-refractivity contribution in [2.45, 2.75) is 27.2 Å². The highest BCUT2D eigenvalue weighted by atomic mass is 16.2. The number of rotatable bonds is 5. The van der Waals surface area contributed by atoms with Gasteiger partial charge in [0.2, 0.25) is 11.8 Å². The minimum Gasteiger partial charge on any atom is -0.357 e. The van der Waals surface area contributed by atoms with Crippen LogP contribution in [-0.4, -0.2) is 110 Å². The second-order valence-electron chi connectivity index (χ2n) is 8.47. The molecule has 0 spiro atoms. The fourth-order valence-electron chi connectivity index (χ4n) is 3.99. The molecule has 8 heteroatoms. The summed E-state index contributed by atoms with van der Waals surface area (Å²) < 4.78 is 0. The number of hydrogen-bond donors (Lipinski definition) is 1. The number of carbonyl (C=O) groups is 2. The molecule has 8 nitrogen and oxygen atoms in total. The number of piperazine rings is 1. The fourth-order valence-corrected chi connectivity index (χ4v) is 3.99. The predicted molar refractivity (Wildman–Crippen MR) is 112 cm³/mol. The van der Waals surface area contributed by atoms with E-state index in [9.17, 15) is 9.59 Å². The van der Waals surface area contributed by atoms with E-state index in [-0.39, 0.29) is 18.4 Å². The highest BCUT2D eigenvalue weighted by Crippen LogP contribution is 2.21. The Morgan fingerprint density at radius 2 is 1.64 bits per heavy atom. The zero-order valence-electron chi connectivity index (χ0n) is 18.3. The summed E-state index contributed by atoms with van der Waals surface area (Å²) in [6.07, 6.45) is 1.21. The van der Waals surface area contributed by atoms with Crippen LogP contribution in [0.1, 0.15) is 27.2 Å². The quantitative estimate of drug-likeness (QED) is 0.531. The van der Waals surface area contributed by atoms with E-state index in [1.54, 1.807) is 19.0 Å². The zero-order chi connectivity index (χ0) is 20.7. The van der Waals surface area contributed by atoms with Crippen LogP contribution >= 0.6 is 0 Å². The van der Waals surface area contributed by atoms with Crippen molar-refractivity contribution >= 4 is 17.8 Å². The minimum absolute atomic E-state index is 0.00961. The number of carbonyl (C=O) groups excluding carboxylic acids is 2. The van der Waals surface area contributed by atoms with Gasteiger partial charge in [0.05, 0.1) is 6.54 Å². The lowest BCUT2D eigenvalue weighted by Crippen LogP contribution is -2.55. The van der Waals surface area contributed by atoms with E-state index in [2.05, 4.69) is 34.0 Å². The van der Waals surface area contributed by atoms with Gasteiger partial charge in [-0.25, -0.2) is 4.99 Å². The Labute approximate surface area is 169 Å². The first-order valence-electron chi connectivity index (χ1n) is 10.5. The Morgan fingerprint density at radius 1 is 1.04 bits per heavy atom. The van der Waals surface area contributed by atoms with Crippen LogP contribution in [0.5, 0.6) is 0 Å². The Kier molecular flexibility index (Phi) is 8.54. The van der Waals surface area contributed by atoms with Gasteiger partial charge in [0, 0.05) is 59.9 Å². The van der Waals surface area contributed by atoms with Gasteiger partial charge < -0.3 is 20.0 Å². The van der Waals surface area contributed by atoms with Crippen molar-refractivity contribution in [3.63, 3.8) is 0 Å². The van der Waals surface area contributed by atoms with Crippen molar-refractivity contribution in [1.82, 2.24) is 24.9 Å². The highest BCUT2D eigenvalue weighted by Gasteiger charge is 2.28. The molecule has 2 rings (SSSR count). The normalized spacial score (nSPS) is 24.2. The van der Waals surface area contributed by atoms with Crippen molar-refractivity contribution < 1.29 is 9.59 Å². The molecule has 2 heterocycles. The number of guanidine groups is 1. The van der Waals surface area contributed by atoms with Gasteiger partial charge in [-0.2, -0.15) is 0 Å². The summed E-state index contributed by atoms with van der Waals surface area (Å²) >= 11 is 0. The molecule has 0 aliphatic carbocycles. The number of likely N-dealkylation sites (N-methyl/N-ethyl adjacent to an activating group) is 1. The molecule has 2 fully saturated rings. The molecule has 0 saturated carbocycles. The van der Waals surface area contributed by atoms with Crippen LogP contribution in [0.2, 0.25) is 0 Å². The van der Waals surface area contributed by atoms with Crippen molar-refractivity contribution in [2.75, 3.05) is 73.0 Å². The van der Waals surface area contributed by atoms with Crippen LogP contribution in [0.25, 0.3) is 0 Å². The molecule has 0 bridgehead atoms. The molecule has 28 heavy (non-hydrogen) atoms. The first kappa shape index (κ1) is 22.5. The minimum atomic E-state index is -0.00961. The Bertz CT molecular complexity index is 547. The summed E-state index contributed by atoms with van der Waals surface area (Å²) in [5.41, 5.74) is 0. The molecular weight excluding hydrogens is 356 g/mol. The number of amides is 2. The predicted octanol–water partition coefficient (Wildman–Crippen LogP) is 0.162. The second kappa shape index (κ2) is 10.6. The number of piperidine rings is 1. The highest BCUT2D eigenvalue weighted by molar-refractivity contribution is 5.85. The summed E-state index contributed by atoms with van der Waals surface area (Å²) in [4.78, 5) is 37.0. The van der Waals surface area contributed by atoms with Crippen LogP contribution in [0.15, 0.2) is 4.99 Å². The molecular formula is C20H38N6O2. The first-order chi connectivity index (χ1) is 13.3. The largest absolute Gasteiger partial charge is 0.357 e. The summed E-state index contributed by atoms with van der Waals surface area (Å²) in [6.45, 7) is 13.0. The molecule has 2 aliphatic heterocycles. The Morgan fingerprint density at radius 3 is 2.18 bits per heavy atom. The van der Waals surface area contributed by atoms with Gasteiger partial charge >= 0.3 is 0 Å². The van der Waals surface area contributed by atoms with Gasteiger partial charge in [0.1, 0.15) is 6.54 Å². The molecule has 0 aromatic heterocycles. The molecule has 2 aliphatic rings. The average Bonchev–Trinajstić information content (AvgIpc) is 2.64. The number of aliphatic imine (C=N–C) groups is 1. The average molecular weight is 395 g/mol. The first-order valence-corrected chi connectivity index (χ1v) is 10.5. The van der Waals surface area contributed by atoms with Gasteiger partial charge in [0.25, 0.3) is 0 Å². The lowest BCUT2D eigenvalue weighted by atomic mass is 9.92. The third-order valence-corrected chi connectivity index (χ3v) is 5.45. The molecule has 0 aromatic rings. The van der Waals surface area contributed by atoms with Gasteiger partial charge in [-0.1, -0.05) is 13.8 Å². The monoisotopic (exact) mass is 394 g/mol. The van der Waals surface area contributed by atoms with Crippen molar-refractivity contribution in [3.8, 4) is 0 Å². The summed E-state index contributed by atoms with van der Waals surface area (Å²) in [5.74, 6) is 2.21. The van der Waals surface area contributed by atoms with E-state index < -0.39 is 0 Å². The molecule has 0 aromatic carbocycles. The number of nitrogens with one attached hydrogen (secondary N) is 1. The summed E-state index contributed by atoms with van der Waals surface area (Å²) in [7, 11) is 3.48. The smallest absolute Gasteiger partial charge is 0.243 e. The van der Waals surface area contributed by atoms with Crippen molar-refractivity contribution in [2.24, 2.45) is 16.8 Å². The number of hydrogen-bond acceptors (Lipinski definition) is 4. The zero-order valence-corrected chi connectivity index (χ0v) is 18.3. The number of nitrogens with zero attached hydrogens (tertiary/aromatic N) is 5. The van der Waals surface area contributed by atoms with Crippen molar-refractivity contribution in [1.29, 1.82) is 0 Å². The van der Waals surface area contributed by atoms with E-state index in [0.29, 0.717) is 18.4 Å². The van der Waals surface area contributed by atoms with Gasteiger partial charge in [-0.05, 0) is 25.2 Å². The van der Waals surface area contributed by atoms with Crippen LogP contribution in [0, 0.1) is 11.8 Å². The topological polar surface area (TPSA) is 71.5 Å². The van der Waals surface area contributed by atoms with E-state index in [4.69, 9.17) is 0 Å². The maximum Gasteiger partial charge on any atom is 0.243 e. The maximum atomic E-state index is 12.7. The van der Waals surface area contributed by atoms with Crippen molar-refractivity contribution in [3.05, 3.63) is 0 Å². The van der Waals surface area contributed by atoms with Gasteiger partial charge in [0.15, 0.2) is 5.96 Å². The SMILES string of the molecule is CCNC(=NCC(=O)N(C)C)N1CCN(CC(=O)N2CC(C)CC(C)C2)CC1. The lowest BCUT2D eigenvalue weighted by molar-refractivity contribution is -0.135. The van der Waals surface area contributed by atoms with Crippen LogP contribution < -0.4 is 5.32 Å². The fraction of sp³-hybridized carbons (Fsp3) is 0.850. The molecule has 2 atom stereocenters. The summed E-state index contributed by atoms with van der Waals surface area (Å²) in [5, 5.41) is 3.28. The Hall–Kier alpha value is -1.83. The Balaban J connectivity index is 1.84. The van der Waals surface area contributed by atoms with E-state index in [1.165, 1.54) is 6.42 Å². The standard InChI is InChI=1S/C20H38N6O2/c1-6-21-20(22-12-18(27)23(4)5)25-9-7-24(8-10-25)15-19(28)26-13-16(2)11-17(3)14-26/h16-17H,6-15H2,1-5H3,(H,21,22). The summed E-state index contributed by atoms with van der Waals surface area (Å²) in [6, 6.07) is 0. The second-order valence-corrected chi connectivity index (χ2v) is 8.47. The third-order valence-electron chi connectivity index (χ3n) is 5.45. The van der Waals surface area contributed by atoms with Crippen LogP contribution in [0.4, 0.5) is 0 Å². The molecule has 2 amide bonds. The van der Waals surface area contributed by atoms with E-state index in [1.807, 2.05) is 11.8 Å². The maximum absolute atomic E-state index is 12.7.